The monoisotopic (exact) mass is 199 g/mol. The van der Waals surface area contributed by atoms with E-state index in [0.717, 1.165) is 5.70 Å². The third-order valence-corrected chi connectivity index (χ3v) is 1.95. The van der Waals surface area contributed by atoms with Crippen LogP contribution in [-0.2, 0) is 0 Å². The van der Waals surface area contributed by atoms with Gasteiger partial charge in [0.15, 0.2) is 0 Å². The van der Waals surface area contributed by atoms with Crippen LogP contribution in [-0.4, -0.2) is 16.7 Å². The average Bonchev–Trinajstić information content (AvgIpc) is 1.95. The Balaban J connectivity index is 4.62. The van der Waals surface area contributed by atoms with Crippen LogP contribution >= 0.6 is 0 Å². The summed E-state index contributed by atoms with van der Waals surface area (Å²) in [6.07, 6.45) is 1.51. The molecule has 0 saturated carbocycles. The Labute approximate surface area is 88.4 Å². The fraction of sp³-hybridized carbons (Fsp3) is 0.833. The third kappa shape index (κ3) is 4.66. The van der Waals surface area contributed by atoms with Crippen molar-refractivity contribution in [2.45, 2.75) is 60.1 Å². The Kier molecular flexibility index (Phi) is 4.19. The van der Waals surface area contributed by atoms with E-state index in [2.05, 4.69) is 26.1 Å². The molecule has 0 radical (unpaired) electrons. The molecular formula is C12H25NO. The van der Waals surface area contributed by atoms with Gasteiger partial charge in [-0.1, -0.05) is 26.8 Å². The molecule has 84 valence electrons. The molecule has 1 unspecified atom stereocenters. The fourth-order valence-corrected chi connectivity index (χ4v) is 1.20. The van der Waals surface area contributed by atoms with Crippen LogP contribution in [0.25, 0.3) is 0 Å². The van der Waals surface area contributed by atoms with Crippen LogP contribution in [0.3, 0.4) is 0 Å². The largest absolute Gasteiger partial charge is 0.386 e. The lowest BCUT2D eigenvalue weighted by molar-refractivity contribution is 0.0846. The van der Waals surface area contributed by atoms with Crippen molar-refractivity contribution < 1.29 is 5.11 Å². The quantitative estimate of drug-likeness (QED) is 0.716. The van der Waals surface area contributed by atoms with E-state index in [1.54, 1.807) is 0 Å². The lowest BCUT2D eigenvalue weighted by Gasteiger charge is -2.33. The van der Waals surface area contributed by atoms with Crippen LogP contribution < -0.4 is 5.32 Å². The van der Waals surface area contributed by atoms with Gasteiger partial charge in [0.2, 0.25) is 0 Å². The van der Waals surface area contributed by atoms with Gasteiger partial charge in [-0.3, -0.25) is 0 Å². The Morgan fingerprint density at radius 2 is 1.57 bits per heavy atom. The second-order valence-electron chi connectivity index (χ2n) is 5.89. The lowest BCUT2D eigenvalue weighted by Crippen LogP contribution is -2.42. The number of hydrogen-bond acceptors (Lipinski definition) is 2. The van der Waals surface area contributed by atoms with E-state index in [4.69, 9.17) is 0 Å². The normalized spacial score (nSPS) is 16.7. The first-order valence-electron chi connectivity index (χ1n) is 5.20. The Hall–Kier alpha value is -0.500. The molecule has 0 spiro atoms. The van der Waals surface area contributed by atoms with Crippen molar-refractivity contribution >= 4 is 0 Å². The summed E-state index contributed by atoms with van der Waals surface area (Å²) >= 11 is 0. The van der Waals surface area contributed by atoms with Crippen LogP contribution in [0.5, 0.6) is 0 Å². The maximum atomic E-state index is 10.1. The zero-order valence-electron chi connectivity index (χ0n) is 10.6. The SMILES string of the molecule is C/C=C(/NC(C)(C)C)C(O)C(C)(C)C. The first-order valence-corrected chi connectivity index (χ1v) is 5.20. The van der Waals surface area contributed by atoms with E-state index in [-0.39, 0.29) is 11.0 Å². The van der Waals surface area contributed by atoms with E-state index in [0.29, 0.717) is 0 Å². The molecule has 0 fully saturated rings. The van der Waals surface area contributed by atoms with E-state index < -0.39 is 6.10 Å². The van der Waals surface area contributed by atoms with Crippen molar-refractivity contribution in [2.75, 3.05) is 0 Å². The summed E-state index contributed by atoms with van der Waals surface area (Å²) in [5.41, 5.74) is 0.777. The van der Waals surface area contributed by atoms with Crippen molar-refractivity contribution in [3.63, 3.8) is 0 Å². The Morgan fingerprint density at radius 1 is 1.14 bits per heavy atom. The van der Waals surface area contributed by atoms with Gasteiger partial charge in [-0.15, -0.1) is 0 Å². The minimum Gasteiger partial charge on any atom is -0.386 e. The third-order valence-electron chi connectivity index (χ3n) is 1.95. The first kappa shape index (κ1) is 13.5. The molecule has 0 aliphatic heterocycles. The van der Waals surface area contributed by atoms with Crippen molar-refractivity contribution in [3.8, 4) is 0 Å². The Bertz CT molecular complexity index is 205. The highest BCUT2D eigenvalue weighted by Crippen LogP contribution is 2.24. The zero-order chi connectivity index (χ0) is 11.6. The first-order chi connectivity index (χ1) is 6.08. The highest BCUT2D eigenvalue weighted by molar-refractivity contribution is 5.10. The topological polar surface area (TPSA) is 32.3 Å². The second-order valence-corrected chi connectivity index (χ2v) is 5.89. The van der Waals surface area contributed by atoms with Gasteiger partial charge in [0.1, 0.15) is 0 Å². The zero-order valence-corrected chi connectivity index (χ0v) is 10.6. The molecule has 0 aromatic carbocycles. The number of aliphatic hydroxyl groups is 1. The number of allylic oxidation sites excluding steroid dienone is 1. The number of rotatable bonds is 2. The second kappa shape index (κ2) is 4.35. The van der Waals surface area contributed by atoms with Gasteiger partial charge in [-0.25, -0.2) is 0 Å². The molecular weight excluding hydrogens is 174 g/mol. The van der Waals surface area contributed by atoms with Gasteiger partial charge in [-0.05, 0) is 33.1 Å². The summed E-state index contributed by atoms with van der Waals surface area (Å²) in [7, 11) is 0. The summed E-state index contributed by atoms with van der Waals surface area (Å²) in [6.45, 7) is 14.3. The minimum atomic E-state index is -0.438. The van der Waals surface area contributed by atoms with Crippen LogP contribution in [0.2, 0.25) is 0 Å². The molecule has 0 aromatic rings. The summed E-state index contributed by atoms with van der Waals surface area (Å²) in [5, 5.41) is 13.4. The summed E-state index contributed by atoms with van der Waals surface area (Å²) in [4.78, 5) is 0. The van der Waals surface area contributed by atoms with Crippen molar-refractivity contribution in [2.24, 2.45) is 5.41 Å². The maximum Gasteiger partial charge on any atom is 0.0979 e. The fourth-order valence-electron chi connectivity index (χ4n) is 1.20. The molecule has 2 nitrogen and oxygen atoms in total. The summed E-state index contributed by atoms with van der Waals surface area (Å²) in [6, 6.07) is 0. The lowest BCUT2D eigenvalue weighted by atomic mass is 9.86. The van der Waals surface area contributed by atoms with E-state index in [9.17, 15) is 5.11 Å². The van der Waals surface area contributed by atoms with Crippen LogP contribution in [0, 0.1) is 5.41 Å². The molecule has 0 aromatic heterocycles. The standard InChI is InChI=1S/C12H25NO/c1-8-9(13-12(5,6)7)10(14)11(2,3)4/h8,10,13-14H,1-7H3/b9-8+. The average molecular weight is 199 g/mol. The summed E-state index contributed by atoms with van der Waals surface area (Å²) in [5.74, 6) is 0. The molecule has 14 heavy (non-hydrogen) atoms. The predicted molar refractivity (Wildman–Crippen MR) is 62.1 cm³/mol. The van der Waals surface area contributed by atoms with Crippen LogP contribution in [0.1, 0.15) is 48.5 Å². The van der Waals surface area contributed by atoms with Gasteiger partial charge < -0.3 is 10.4 Å². The van der Waals surface area contributed by atoms with E-state index >= 15 is 0 Å². The van der Waals surface area contributed by atoms with Gasteiger partial charge in [-0.2, -0.15) is 0 Å². The summed E-state index contributed by atoms with van der Waals surface area (Å²) < 4.78 is 0. The maximum absolute atomic E-state index is 10.1. The highest BCUT2D eigenvalue weighted by Gasteiger charge is 2.27. The molecule has 0 aliphatic rings. The Morgan fingerprint density at radius 3 is 1.79 bits per heavy atom. The number of nitrogens with one attached hydrogen (secondary N) is 1. The minimum absolute atomic E-state index is 0.00588. The smallest absolute Gasteiger partial charge is 0.0979 e. The number of aliphatic hydroxyl groups excluding tert-OH is 1. The van der Waals surface area contributed by atoms with Gasteiger partial charge in [0, 0.05) is 11.2 Å². The predicted octanol–water partition coefficient (Wildman–Crippen LogP) is 2.69. The van der Waals surface area contributed by atoms with E-state index in [1.807, 2.05) is 33.8 Å². The molecule has 1 atom stereocenters. The molecule has 0 heterocycles. The number of hydrogen-bond donors (Lipinski definition) is 2. The molecule has 0 rings (SSSR count). The molecule has 0 aliphatic carbocycles. The van der Waals surface area contributed by atoms with Crippen molar-refractivity contribution in [1.29, 1.82) is 0 Å². The molecule has 0 saturated heterocycles. The molecule has 2 heteroatoms. The van der Waals surface area contributed by atoms with Gasteiger partial charge in [0.05, 0.1) is 6.10 Å². The van der Waals surface area contributed by atoms with Gasteiger partial charge in [0.25, 0.3) is 0 Å². The molecule has 0 bridgehead atoms. The highest BCUT2D eigenvalue weighted by atomic mass is 16.3. The van der Waals surface area contributed by atoms with Crippen LogP contribution in [0.4, 0.5) is 0 Å². The molecule has 2 N–H and O–H groups in total. The van der Waals surface area contributed by atoms with Gasteiger partial charge >= 0.3 is 0 Å². The van der Waals surface area contributed by atoms with Crippen molar-refractivity contribution in [3.05, 3.63) is 11.8 Å². The molecule has 0 amide bonds. The van der Waals surface area contributed by atoms with E-state index in [1.165, 1.54) is 0 Å². The van der Waals surface area contributed by atoms with Crippen molar-refractivity contribution in [1.82, 2.24) is 5.32 Å². The van der Waals surface area contributed by atoms with Crippen LogP contribution in [0.15, 0.2) is 11.8 Å².